The summed E-state index contributed by atoms with van der Waals surface area (Å²) in [5.74, 6) is -0.810. The zero-order valence-electron chi connectivity index (χ0n) is 9.86. The third kappa shape index (κ3) is 3.29. The summed E-state index contributed by atoms with van der Waals surface area (Å²) >= 11 is 3.25. The van der Waals surface area contributed by atoms with Gasteiger partial charge in [0.05, 0.1) is 5.69 Å². The number of carbonyl (C=O) groups is 1. The maximum Gasteiger partial charge on any atom is 0.272 e. The molecule has 0 spiro atoms. The van der Waals surface area contributed by atoms with Crippen molar-refractivity contribution in [3.05, 3.63) is 58.1 Å². The lowest BCUT2D eigenvalue weighted by Crippen LogP contribution is -2.25. The third-order valence-electron chi connectivity index (χ3n) is 2.50. The van der Waals surface area contributed by atoms with Gasteiger partial charge >= 0.3 is 0 Å². The first kappa shape index (κ1) is 13.5. The van der Waals surface area contributed by atoms with Gasteiger partial charge in [-0.2, -0.15) is 0 Å². The van der Waals surface area contributed by atoms with E-state index in [2.05, 4.69) is 26.2 Å². The van der Waals surface area contributed by atoms with Gasteiger partial charge in [-0.25, -0.2) is 9.37 Å². The molecule has 1 aromatic carbocycles. The number of rotatable bonds is 3. The van der Waals surface area contributed by atoms with Crippen LogP contribution in [0.4, 0.5) is 10.1 Å². The van der Waals surface area contributed by atoms with Crippen LogP contribution in [-0.2, 0) is 6.54 Å². The van der Waals surface area contributed by atoms with Crippen LogP contribution < -0.4 is 11.1 Å². The number of anilines is 1. The van der Waals surface area contributed by atoms with Crippen molar-refractivity contribution in [2.24, 2.45) is 0 Å². The van der Waals surface area contributed by atoms with E-state index in [0.29, 0.717) is 5.56 Å². The molecule has 6 heteroatoms. The number of hydrogen-bond acceptors (Lipinski definition) is 3. The minimum Gasteiger partial charge on any atom is -0.397 e. The van der Waals surface area contributed by atoms with Crippen LogP contribution in [0.5, 0.6) is 0 Å². The van der Waals surface area contributed by atoms with Gasteiger partial charge in [-0.05, 0) is 30.3 Å². The van der Waals surface area contributed by atoms with Crippen LogP contribution in [0, 0.1) is 5.82 Å². The Balaban J connectivity index is 2.09. The van der Waals surface area contributed by atoms with Crippen molar-refractivity contribution in [1.82, 2.24) is 10.3 Å². The van der Waals surface area contributed by atoms with Crippen LogP contribution in [0.25, 0.3) is 0 Å². The normalized spacial score (nSPS) is 10.2. The second-order valence-electron chi connectivity index (χ2n) is 3.86. The summed E-state index contributed by atoms with van der Waals surface area (Å²) in [5.41, 5.74) is 6.45. The number of hydrogen-bond donors (Lipinski definition) is 2. The molecule has 0 radical (unpaired) electrons. The molecule has 0 aliphatic heterocycles. The number of nitrogens with two attached hydrogens (primary N) is 1. The first-order chi connectivity index (χ1) is 9.08. The van der Waals surface area contributed by atoms with E-state index in [9.17, 15) is 9.18 Å². The fourth-order valence-electron chi connectivity index (χ4n) is 1.55. The number of nitrogens with zero attached hydrogens (tertiary/aromatic N) is 1. The Morgan fingerprint density at radius 1 is 1.42 bits per heavy atom. The minimum absolute atomic E-state index is 0.0696. The van der Waals surface area contributed by atoms with E-state index in [1.54, 1.807) is 24.3 Å². The summed E-state index contributed by atoms with van der Waals surface area (Å²) in [7, 11) is 0. The zero-order valence-corrected chi connectivity index (χ0v) is 11.4. The van der Waals surface area contributed by atoms with E-state index in [-0.39, 0.29) is 23.7 Å². The van der Waals surface area contributed by atoms with Gasteiger partial charge in [-0.3, -0.25) is 4.79 Å². The predicted octanol–water partition coefficient (Wildman–Crippen LogP) is 2.50. The lowest BCUT2D eigenvalue weighted by molar-refractivity contribution is 0.0946. The van der Waals surface area contributed by atoms with Crippen molar-refractivity contribution in [3.63, 3.8) is 0 Å². The molecule has 0 bridgehead atoms. The standard InChI is InChI=1S/C13H11BrFN3O/c14-9-3-4-10(15)8(6-9)7-18-13(19)12-11(16)2-1-5-17-12/h1-6H,7,16H2,(H,18,19). The van der Waals surface area contributed by atoms with Crippen LogP contribution >= 0.6 is 15.9 Å². The predicted molar refractivity (Wildman–Crippen MR) is 73.9 cm³/mol. The van der Waals surface area contributed by atoms with E-state index in [1.807, 2.05) is 0 Å². The lowest BCUT2D eigenvalue weighted by Gasteiger charge is -2.07. The average Bonchev–Trinajstić information content (AvgIpc) is 2.40. The van der Waals surface area contributed by atoms with Gasteiger partial charge in [0.15, 0.2) is 5.69 Å². The van der Waals surface area contributed by atoms with Crippen molar-refractivity contribution < 1.29 is 9.18 Å². The number of benzene rings is 1. The van der Waals surface area contributed by atoms with E-state index in [4.69, 9.17) is 5.73 Å². The molecule has 0 aliphatic rings. The molecular formula is C13H11BrFN3O. The second-order valence-corrected chi connectivity index (χ2v) is 4.78. The van der Waals surface area contributed by atoms with Gasteiger partial charge in [-0.1, -0.05) is 15.9 Å². The molecule has 0 fully saturated rings. The molecule has 0 atom stereocenters. The Morgan fingerprint density at radius 3 is 2.95 bits per heavy atom. The topological polar surface area (TPSA) is 68.0 Å². The molecule has 1 aromatic heterocycles. The van der Waals surface area contributed by atoms with Gasteiger partial charge in [0.25, 0.3) is 5.91 Å². The highest BCUT2D eigenvalue weighted by Gasteiger charge is 2.11. The van der Waals surface area contributed by atoms with Gasteiger partial charge in [0.2, 0.25) is 0 Å². The second kappa shape index (κ2) is 5.79. The number of pyridine rings is 1. The van der Waals surface area contributed by atoms with Crippen LogP contribution in [0.2, 0.25) is 0 Å². The summed E-state index contributed by atoms with van der Waals surface area (Å²) < 4.78 is 14.2. The summed E-state index contributed by atoms with van der Waals surface area (Å²) in [6.45, 7) is 0.0696. The largest absolute Gasteiger partial charge is 0.397 e. The van der Waals surface area contributed by atoms with Crippen molar-refractivity contribution in [1.29, 1.82) is 0 Å². The Bertz CT molecular complexity index is 619. The van der Waals surface area contributed by atoms with Crippen LogP contribution in [0.1, 0.15) is 16.1 Å². The number of aromatic nitrogens is 1. The monoisotopic (exact) mass is 323 g/mol. The summed E-state index contributed by atoms with van der Waals surface area (Å²) in [6.07, 6.45) is 1.48. The molecule has 3 N–H and O–H groups in total. The molecule has 2 aromatic rings. The molecule has 1 heterocycles. The first-order valence-corrected chi connectivity index (χ1v) is 6.30. The highest BCUT2D eigenvalue weighted by atomic mass is 79.9. The zero-order chi connectivity index (χ0) is 13.8. The molecule has 0 aliphatic carbocycles. The Kier molecular flexibility index (Phi) is 4.11. The maximum absolute atomic E-state index is 13.5. The fraction of sp³-hybridized carbons (Fsp3) is 0.0769. The van der Waals surface area contributed by atoms with Crippen molar-refractivity contribution in [2.45, 2.75) is 6.54 Å². The van der Waals surface area contributed by atoms with Crippen LogP contribution in [-0.4, -0.2) is 10.9 Å². The molecule has 4 nitrogen and oxygen atoms in total. The molecule has 0 saturated heterocycles. The van der Waals surface area contributed by atoms with E-state index in [0.717, 1.165) is 4.47 Å². The van der Waals surface area contributed by atoms with Gasteiger partial charge in [0.1, 0.15) is 5.82 Å². The lowest BCUT2D eigenvalue weighted by atomic mass is 10.2. The molecule has 1 amide bonds. The van der Waals surface area contributed by atoms with Crippen molar-refractivity contribution in [3.8, 4) is 0 Å². The van der Waals surface area contributed by atoms with E-state index in [1.165, 1.54) is 12.3 Å². The molecular weight excluding hydrogens is 313 g/mol. The van der Waals surface area contributed by atoms with Crippen LogP contribution in [0.3, 0.4) is 0 Å². The average molecular weight is 324 g/mol. The summed E-state index contributed by atoms with van der Waals surface area (Å²) in [6, 6.07) is 7.76. The maximum atomic E-state index is 13.5. The highest BCUT2D eigenvalue weighted by molar-refractivity contribution is 9.10. The fourth-order valence-corrected chi connectivity index (χ4v) is 1.95. The van der Waals surface area contributed by atoms with E-state index >= 15 is 0 Å². The van der Waals surface area contributed by atoms with Gasteiger partial charge in [-0.15, -0.1) is 0 Å². The Hall–Kier alpha value is -1.95. The molecule has 98 valence electrons. The number of nitrogens with one attached hydrogen (secondary N) is 1. The number of nitrogen functional groups attached to an aromatic ring is 1. The SMILES string of the molecule is Nc1cccnc1C(=O)NCc1cc(Br)ccc1F. The first-order valence-electron chi connectivity index (χ1n) is 5.50. The highest BCUT2D eigenvalue weighted by Crippen LogP contribution is 2.15. The van der Waals surface area contributed by atoms with Gasteiger partial charge in [0, 0.05) is 22.8 Å². The van der Waals surface area contributed by atoms with Crippen molar-refractivity contribution in [2.75, 3.05) is 5.73 Å². The molecule has 0 unspecified atom stereocenters. The molecule has 19 heavy (non-hydrogen) atoms. The Morgan fingerprint density at radius 2 is 2.21 bits per heavy atom. The smallest absolute Gasteiger partial charge is 0.272 e. The number of amides is 1. The summed E-state index contributed by atoms with van der Waals surface area (Å²) in [4.78, 5) is 15.7. The molecule has 0 saturated carbocycles. The number of halogens is 2. The number of carbonyl (C=O) groups excluding carboxylic acids is 1. The Labute approximate surface area is 118 Å². The quantitative estimate of drug-likeness (QED) is 0.911. The molecule has 2 rings (SSSR count). The summed E-state index contributed by atoms with van der Waals surface area (Å²) in [5, 5.41) is 2.58. The van der Waals surface area contributed by atoms with Crippen LogP contribution in [0.15, 0.2) is 41.0 Å². The van der Waals surface area contributed by atoms with E-state index < -0.39 is 5.91 Å². The van der Waals surface area contributed by atoms with Crippen molar-refractivity contribution >= 4 is 27.5 Å². The minimum atomic E-state index is -0.433. The third-order valence-corrected chi connectivity index (χ3v) is 2.99. The van der Waals surface area contributed by atoms with Gasteiger partial charge < -0.3 is 11.1 Å².